The smallest absolute Gasteiger partial charge is 0.279 e. The van der Waals surface area contributed by atoms with Crippen molar-refractivity contribution in [2.24, 2.45) is 0 Å². The summed E-state index contributed by atoms with van der Waals surface area (Å²) < 4.78 is 28.9. The van der Waals surface area contributed by atoms with Gasteiger partial charge in [0.2, 0.25) is 0 Å². The Morgan fingerprint density at radius 3 is 2.43 bits per heavy atom. The van der Waals surface area contributed by atoms with E-state index in [0.29, 0.717) is 0 Å². The highest BCUT2D eigenvalue weighted by atomic mass is 32.2. The standard InChI is InChI=1S/C7H11N3O3S/c11-14(12,13)6-8-10-9-7-4-2-1-3-5-7/h1-5,8-10H,6H2,(H,11,12,13). The summed E-state index contributed by atoms with van der Waals surface area (Å²) in [6.07, 6.45) is 0. The maximum Gasteiger partial charge on any atom is 0.279 e. The maximum atomic E-state index is 10.3. The fraction of sp³-hybridized carbons (Fsp3) is 0.143. The van der Waals surface area contributed by atoms with E-state index in [1.807, 2.05) is 18.2 Å². The lowest BCUT2D eigenvalue weighted by Gasteiger charge is -2.07. The van der Waals surface area contributed by atoms with Crippen molar-refractivity contribution in [3.8, 4) is 0 Å². The number of rotatable bonds is 5. The second kappa shape index (κ2) is 4.91. The van der Waals surface area contributed by atoms with E-state index in [1.54, 1.807) is 12.1 Å². The quantitative estimate of drug-likeness (QED) is 0.314. The lowest BCUT2D eigenvalue weighted by Crippen LogP contribution is -2.39. The first kappa shape index (κ1) is 10.9. The first-order chi connectivity index (χ1) is 6.58. The van der Waals surface area contributed by atoms with Crippen LogP contribution in [0.25, 0.3) is 0 Å². The van der Waals surface area contributed by atoms with Crippen LogP contribution >= 0.6 is 0 Å². The van der Waals surface area contributed by atoms with Gasteiger partial charge in [0.25, 0.3) is 10.1 Å². The number of hydrazine groups is 2. The number of benzene rings is 1. The first-order valence-corrected chi connectivity index (χ1v) is 5.43. The number of anilines is 1. The van der Waals surface area contributed by atoms with Crippen LogP contribution in [0.15, 0.2) is 30.3 Å². The third-order valence-corrected chi connectivity index (χ3v) is 1.83. The minimum Gasteiger partial charge on any atom is -0.308 e. The molecule has 0 aromatic heterocycles. The SMILES string of the molecule is O=S(=O)(O)CNNNc1ccccc1. The highest BCUT2D eigenvalue weighted by Gasteiger charge is 2.00. The molecule has 78 valence electrons. The molecule has 1 aromatic rings. The molecule has 0 saturated carbocycles. The average Bonchev–Trinajstić information content (AvgIpc) is 2.13. The molecule has 0 radical (unpaired) electrons. The van der Waals surface area contributed by atoms with Crippen molar-refractivity contribution >= 4 is 15.8 Å². The molecule has 0 aliphatic rings. The predicted molar refractivity (Wildman–Crippen MR) is 52.8 cm³/mol. The Kier molecular flexibility index (Phi) is 3.84. The summed E-state index contributed by atoms with van der Waals surface area (Å²) in [7, 11) is -3.99. The molecule has 0 unspecified atom stereocenters. The van der Waals surface area contributed by atoms with Crippen molar-refractivity contribution < 1.29 is 13.0 Å². The molecule has 7 heteroatoms. The Morgan fingerprint density at radius 1 is 1.21 bits per heavy atom. The molecule has 0 saturated heterocycles. The van der Waals surface area contributed by atoms with Crippen molar-refractivity contribution in [1.29, 1.82) is 0 Å². The van der Waals surface area contributed by atoms with Gasteiger partial charge in [-0.15, -0.1) is 0 Å². The number of hydrogen-bond donors (Lipinski definition) is 4. The monoisotopic (exact) mass is 217 g/mol. The number of nitrogens with one attached hydrogen (secondary N) is 3. The summed E-state index contributed by atoms with van der Waals surface area (Å²) >= 11 is 0. The van der Waals surface area contributed by atoms with Crippen LogP contribution in [-0.4, -0.2) is 18.8 Å². The molecule has 0 aliphatic heterocycles. The Labute approximate surface area is 82.0 Å². The molecular weight excluding hydrogens is 206 g/mol. The maximum absolute atomic E-state index is 10.3. The first-order valence-electron chi connectivity index (χ1n) is 3.82. The fourth-order valence-electron chi connectivity index (χ4n) is 0.765. The van der Waals surface area contributed by atoms with Crippen LogP contribution in [0.3, 0.4) is 0 Å². The molecule has 1 rings (SSSR count). The fourth-order valence-corrected chi connectivity index (χ4v) is 1.02. The molecule has 0 aliphatic carbocycles. The van der Waals surface area contributed by atoms with Gasteiger partial charge in [-0.25, -0.2) is 5.43 Å². The van der Waals surface area contributed by atoms with Gasteiger partial charge in [0.05, 0.1) is 5.69 Å². The normalized spacial score (nSPS) is 11.2. The van der Waals surface area contributed by atoms with Gasteiger partial charge in [-0.05, 0) is 12.1 Å². The van der Waals surface area contributed by atoms with Crippen LogP contribution in [-0.2, 0) is 10.1 Å². The predicted octanol–water partition coefficient (Wildman–Crippen LogP) is -0.0470. The van der Waals surface area contributed by atoms with Crippen LogP contribution in [0.4, 0.5) is 5.69 Å². The van der Waals surface area contributed by atoms with Gasteiger partial charge in [-0.1, -0.05) is 18.2 Å². The van der Waals surface area contributed by atoms with Crippen LogP contribution in [0.5, 0.6) is 0 Å². The highest BCUT2D eigenvalue weighted by Crippen LogP contribution is 2.01. The minimum atomic E-state index is -3.99. The van der Waals surface area contributed by atoms with Gasteiger partial charge >= 0.3 is 0 Å². The number of para-hydroxylation sites is 1. The summed E-state index contributed by atoms with van der Waals surface area (Å²) in [6, 6.07) is 9.10. The molecule has 0 atom stereocenters. The summed E-state index contributed by atoms with van der Waals surface area (Å²) in [6.45, 7) is 0. The Balaban J connectivity index is 2.23. The second-order valence-corrected chi connectivity index (χ2v) is 3.97. The minimum absolute atomic E-state index is 0.563. The molecule has 0 fully saturated rings. The topological polar surface area (TPSA) is 90.5 Å². The van der Waals surface area contributed by atoms with E-state index in [-0.39, 0.29) is 0 Å². The molecule has 14 heavy (non-hydrogen) atoms. The van der Waals surface area contributed by atoms with Crippen molar-refractivity contribution in [2.75, 3.05) is 11.3 Å². The zero-order valence-corrected chi connectivity index (χ0v) is 8.08. The lowest BCUT2D eigenvalue weighted by atomic mass is 10.3. The van der Waals surface area contributed by atoms with Gasteiger partial charge in [0.1, 0.15) is 5.88 Å². The molecule has 0 spiro atoms. The average molecular weight is 217 g/mol. The Bertz CT molecular complexity index is 365. The zero-order valence-electron chi connectivity index (χ0n) is 7.27. The molecule has 0 amide bonds. The molecule has 6 nitrogen and oxygen atoms in total. The Morgan fingerprint density at radius 2 is 1.86 bits per heavy atom. The van der Waals surface area contributed by atoms with Gasteiger partial charge in [0, 0.05) is 0 Å². The van der Waals surface area contributed by atoms with E-state index < -0.39 is 16.0 Å². The van der Waals surface area contributed by atoms with Crippen molar-refractivity contribution in [1.82, 2.24) is 11.0 Å². The molecular formula is C7H11N3O3S. The van der Waals surface area contributed by atoms with Gasteiger partial charge in [0.15, 0.2) is 0 Å². The van der Waals surface area contributed by atoms with Gasteiger partial charge in [-0.2, -0.15) is 14.0 Å². The summed E-state index contributed by atoms with van der Waals surface area (Å²) in [4.78, 5) is 0. The third kappa shape index (κ3) is 4.77. The molecule has 4 N–H and O–H groups in total. The van der Waals surface area contributed by atoms with Crippen LogP contribution in [0.2, 0.25) is 0 Å². The molecule has 0 bridgehead atoms. The number of hydrogen-bond acceptors (Lipinski definition) is 5. The van der Waals surface area contributed by atoms with Crippen molar-refractivity contribution in [3.05, 3.63) is 30.3 Å². The van der Waals surface area contributed by atoms with Crippen LogP contribution in [0.1, 0.15) is 0 Å². The summed E-state index contributed by atoms with van der Waals surface area (Å²) in [5.41, 5.74) is 8.15. The molecule has 0 heterocycles. The summed E-state index contributed by atoms with van der Waals surface area (Å²) in [5.74, 6) is -0.563. The second-order valence-electron chi connectivity index (χ2n) is 2.52. The van der Waals surface area contributed by atoms with Crippen LogP contribution in [0, 0.1) is 0 Å². The van der Waals surface area contributed by atoms with Crippen LogP contribution < -0.4 is 16.4 Å². The van der Waals surface area contributed by atoms with Crippen molar-refractivity contribution in [2.45, 2.75) is 0 Å². The lowest BCUT2D eigenvalue weighted by molar-refractivity contribution is 0.470. The van der Waals surface area contributed by atoms with Crippen molar-refractivity contribution in [3.63, 3.8) is 0 Å². The van der Waals surface area contributed by atoms with E-state index in [4.69, 9.17) is 4.55 Å². The van der Waals surface area contributed by atoms with E-state index in [2.05, 4.69) is 16.4 Å². The van der Waals surface area contributed by atoms with E-state index in [1.165, 1.54) is 0 Å². The largest absolute Gasteiger partial charge is 0.308 e. The van der Waals surface area contributed by atoms with E-state index in [0.717, 1.165) is 5.69 Å². The van der Waals surface area contributed by atoms with Gasteiger partial charge < -0.3 is 5.43 Å². The summed E-state index contributed by atoms with van der Waals surface area (Å²) in [5, 5.41) is 0. The van der Waals surface area contributed by atoms with E-state index >= 15 is 0 Å². The zero-order chi connectivity index (χ0) is 10.4. The van der Waals surface area contributed by atoms with Gasteiger partial charge in [-0.3, -0.25) is 4.55 Å². The Hall–Kier alpha value is -1.15. The highest BCUT2D eigenvalue weighted by molar-refractivity contribution is 7.85. The third-order valence-electron chi connectivity index (χ3n) is 1.32. The van der Waals surface area contributed by atoms with E-state index in [9.17, 15) is 8.42 Å². The molecule has 1 aromatic carbocycles.